The molecule has 1 aliphatic heterocycles. The molecule has 0 unspecified atom stereocenters. The minimum absolute atomic E-state index is 0.0255. The second-order valence-corrected chi connectivity index (χ2v) is 6.81. The highest BCUT2D eigenvalue weighted by atomic mass is 16.1. The summed E-state index contributed by atoms with van der Waals surface area (Å²) in [5.41, 5.74) is 3.04. The number of hydrogen-bond acceptors (Lipinski definition) is 2. The first kappa shape index (κ1) is 17.7. The summed E-state index contributed by atoms with van der Waals surface area (Å²) in [4.78, 5) is 14.8. The molecule has 1 N–H and O–H groups in total. The van der Waals surface area contributed by atoms with Crippen molar-refractivity contribution in [1.29, 1.82) is 0 Å². The number of unbranched alkanes of at least 4 members (excludes halogenated alkanes) is 1. The number of nitrogens with zero attached hydrogens (tertiary/aromatic N) is 1. The highest BCUT2D eigenvalue weighted by Gasteiger charge is 2.09. The molecular weight excluding hydrogens is 308 g/mol. The van der Waals surface area contributed by atoms with Gasteiger partial charge in [0.05, 0.1) is 0 Å². The first-order chi connectivity index (χ1) is 12.3. The van der Waals surface area contributed by atoms with E-state index in [1.807, 2.05) is 42.5 Å². The Kier molecular flexibility index (Phi) is 6.63. The molecule has 0 aliphatic carbocycles. The molecule has 1 fully saturated rings. The van der Waals surface area contributed by atoms with Crippen molar-refractivity contribution < 1.29 is 4.79 Å². The second kappa shape index (κ2) is 9.38. The van der Waals surface area contributed by atoms with Gasteiger partial charge in [0.1, 0.15) is 0 Å². The second-order valence-electron chi connectivity index (χ2n) is 6.81. The van der Waals surface area contributed by atoms with Gasteiger partial charge in [0.25, 0.3) is 5.91 Å². The van der Waals surface area contributed by atoms with Crippen LogP contribution in [0.15, 0.2) is 54.6 Å². The molecule has 1 saturated heterocycles. The number of nitrogens with one attached hydrogen (secondary N) is 1. The number of amides is 1. The maximum Gasteiger partial charge on any atom is 0.251 e. The lowest BCUT2D eigenvalue weighted by molar-refractivity contribution is 0.0952. The van der Waals surface area contributed by atoms with E-state index in [1.54, 1.807) is 0 Å². The number of carbonyl (C=O) groups is 1. The van der Waals surface area contributed by atoms with Crippen LogP contribution in [0.5, 0.6) is 0 Å². The van der Waals surface area contributed by atoms with Crippen LogP contribution in [-0.2, 0) is 0 Å². The summed E-state index contributed by atoms with van der Waals surface area (Å²) in [7, 11) is 0. The average molecular weight is 336 g/mol. The third-order valence-electron chi connectivity index (χ3n) is 4.89. The Balaban J connectivity index is 1.39. The van der Waals surface area contributed by atoms with Crippen molar-refractivity contribution in [2.24, 2.45) is 0 Å². The maximum atomic E-state index is 12.2. The molecule has 3 heteroatoms. The third-order valence-corrected chi connectivity index (χ3v) is 4.89. The summed E-state index contributed by atoms with van der Waals surface area (Å²) in [5.74, 6) is 0.0255. The molecule has 0 spiro atoms. The van der Waals surface area contributed by atoms with Gasteiger partial charge in [-0.25, -0.2) is 0 Å². The predicted molar refractivity (Wildman–Crippen MR) is 104 cm³/mol. The van der Waals surface area contributed by atoms with Crippen molar-refractivity contribution >= 4 is 5.91 Å². The lowest BCUT2D eigenvalue weighted by Crippen LogP contribution is -2.31. The van der Waals surface area contributed by atoms with E-state index in [2.05, 4.69) is 22.3 Å². The Bertz CT molecular complexity index is 645. The highest BCUT2D eigenvalue weighted by Crippen LogP contribution is 2.19. The van der Waals surface area contributed by atoms with Gasteiger partial charge in [-0.3, -0.25) is 4.79 Å². The van der Waals surface area contributed by atoms with Crippen LogP contribution in [0.3, 0.4) is 0 Å². The first-order valence-electron chi connectivity index (χ1n) is 9.49. The lowest BCUT2D eigenvalue weighted by atomic mass is 10.0. The molecular formula is C22H28N2O. The molecule has 0 saturated carbocycles. The summed E-state index contributed by atoms with van der Waals surface area (Å²) >= 11 is 0. The normalized spacial score (nSPS) is 15.0. The Morgan fingerprint density at radius 3 is 2.24 bits per heavy atom. The molecule has 1 aliphatic rings. The van der Waals surface area contributed by atoms with Gasteiger partial charge in [-0.2, -0.15) is 0 Å². The first-order valence-corrected chi connectivity index (χ1v) is 9.49. The molecule has 2 aromatic carbocycles. The molecule has 132 valence electrons. The van der Waals surface area contributed by atoms with Crippen LogP contribution in [0.25, 0.3) is 11.1 Å². The van der Waals surface area contributed by atoms with Gasteiger partial charge in [0.2, 0.25) is 0 Å². The van der Waals surface area contributed by atoms with E-state index in [4.69, 9.17) is 0 Å². The van der Waals surface area contributed by atoms with E-state index < -0.39 is 0 Å². The maximum absolute atomic E-state index is 12.2. The van der Waals surface area contributed by atoms with E-state index in [0.29, 0.717) is 0 Å². The topological polar surface area (TPSA) is 32.3 Å². The minimum Gasteiger partial charge on any atom is -0.352 e. The fourth-order valence-corrected chi connectivity index (χ4v) is 3.39. The predicted octanol–water partition coefficient (Wildman–Crippen LogP) is 4.35. The molecule has 3 nitrogen and oxygen atoms in total. The molecule has 25 heavy (non-hydrogen) atoms. The number of rotatable bonds is 7. The van der Waals surface area contributed by atoms with Crippen LogP contribution in [0.4, 0.5) is 0 Å². The number of hydrogen-bond donors (Lipinski definition) is 1. The van der Waals surface area contributed by atoms with Crippen molar-refractivity contribution in [2.45, 2.75) is 32.1 Å². The monoisotopic (exact) mass is 336 g/mol. The summed E-state index contributed by atoms with van der Waals surface area (Å²) in [6.45, 7) is 4.43. The van der Waals surface area contributed by atoms with Crippen molar-refractivity contribution in [1.82, 2.24) is 10.2 Å². The number of piperidine rings is 1. The van der Waals surface area contributed by atoms with E-state index in [1.165, 1.54) is 44.5 Å². The number of benzene rings is 2. The zero-order valence-corrected chi connectivity index (χ0v) is 14.9. The molecule has 0 radical (unpaired) electrons. The zero-order chi connectivity index (χ0) is 17.3. The standard InChI is InChI=1S/C22H28N2O/c25-22(23-15-5-8-18-24-16-6-2-7-17-24)21-13-11-20(12-14-21)19-9-3-1-4-10-19/h1,3-4,9-14H,2,5-8,15-18H2,(H,23,25). The largest absolute Gasteiger partial charge is 0.352 e. The molecule has 3 rings (SSSR count). The van der Waals surface area contributed by atoms with Gasteiger partial charge in [-0.15, -0.1) is 0 Å². The number of likely N-dealkylation sites (tertiary alicyclic amines) is 1. The molecule has 1 amide bonds. The SMILES string of the molecule is O=C(NCCCCN1CCCCC1)c1ccc(-c2ccccc2)cc1. The Labute approximate surface area is 151 Å². The summed E-state index contributed by atoms with van der Waals surface area (Å²) in [6.07, 6.45) is 6.28. The minimum atomic E-state index is 0.0255. The van der Waals surface area contributed by atoms with E-state index in [0.717, 1.165) is 30.5 Å². The number of carbonyl (C=O) groups excluding carboxylic acids is 1. The van der Waals surface area contributed by atoms with E-state index >= 15 is 0 Å². The van der Waals surface area contributed by atoms with Gasteiger partial charge < -0.3 is 10.2 Å². The Hall–Kier alpha value is -2.13. The molecule has 1 heterocycles. The average Bonchev–Trinajstić information content (AvgIpc) is 2.69. The van der Waals surface area contributed by atoms with E-state index in [-0.39, 0.29) is 5.91 Å². The zero-order valence-electron chi connectivity index (χ0n) is 14.9. The van der Waals surface area contributed by atoms with Crippen LogP contribution in [-0.4, -0.2) is 37.0 Å². The molecule has 0 atom stereocenters. The summed E-state index contributed by atoms with van der Waals surface area (Å²) in [6, 6.07) is 18.1. The summed E-state index contributed by atoms with van der Waals surface area (Å²) < 4.78 is 0. The van der Waals surface area contributed by atoms with Gasteiger partial charge in [0, 0.05) is 12.1 Å². The third kappa shape index (κ3) is 5.43. The van der Waals surface area contributed by atoms with Crippen molar-refractivity contribution in [2.75, 3.05) is 26.2 Å². The molecule has 2 aromatic rings. The van der Waals surface area contributed by atoms with Crippen molar-refractivity contribution in [3.8, 4) is 11.1 Å². The van der Waals surface area contributed by atoms with Gasteiger partial charge in [0.15, 0.2) is 0 Å². The van der Waals surface area contributed by atoms with Gasteiger partial charge in [-0.1, -0.05) is 48.9 Å². The van der Waals surface area contributed by atoms with E-state index in [9.17, 15) is 4.79 Å². The fourth-order valence-electron chi connectivity index (χ4n) is 3.39. The van der Waals surface area contributed by atoms with Crippen LogP contribution >= 0.6 is 0 Å². The van der Waals surface area contributed by atoms with Crippen molar-refractivity contribution in [3.63, 3.8) is 0 Å². The molecule has 0 aromatic heterocycles. The smallest absolute Gasteiger partial charge is 0.251 e. The van der Waals surface area contributed by atoms with Crippen LogP contribution < -0.4 is 5.32 Å². The highest BCUT2D eigenvalue weighted by molar-refractivity contribution is 5.94. The van der Waals surface area contributed by atoms with Crippen LogP contribution in [0, 0.1) is 0 Å². The van der Waals surface area contributed by atoms with Gasteiger partial charge in [-0.05, 0) is 68.6 Å². The van der Waals surface area contributed by atoms with Crippen LogP contribution in [0.1, 0.15) is 42.5 Å². The van der Waals surface area contributed by atoms with Gasteiger partial charge >= 0.3 is 0 Å². The van der Waals surface area contributed by atoms with Crippen molar-refractivity contribution in [3.05, 3.63) is 60.2 Å². The quantitative estimate of drug-likeness (QED) is 0.762. The lowest BCUT2D eigenvalue weighted by Gasteiger charge is -2.26. The summed E-state index contributed by atoms with van der Waals surface area (Å²) in [5, 5.41) is 3.04. The van der Waals surface area contributed by atoms with Crippen LogP contribution in [0.2, 0.25) is 0 Å². The fraction of sp³-hybridized carbons (Fsp3) is 0.409. The Morgan fingerprint density at radius 2 is 1.52 bits per heavy atom. The Morgan fingerprint density at radius 1 is 0.840 bits per heavy atom. The molecule has 0 bridgehead atoms.